The van der Waals surface area contributed by atoms with Crippen LogP contribution in [0.25, 0.3) is 0 Å². The molecule has 2 aliphatic rings. The molecule has 3 atom stereocenters. The van der Waals surface area contributed by atoms with Crippen molar-refractivity contribution in [1.29, 1.82) is 0 Å². The molecule has 2 rings (SSSR count). The van der Waals surface area contributed by atoms with Crippen LogP contribution in [0.2, 0.25) is 0 Å². The Hall–Kier alpha value is -0.220. The minimum atomic E-state index is 0.258. The maximum Gasteiger partial charge on any atom is 0.224 e. The summed E-state index contributed by atoms with van der Waals surface area (Å²) in [7, 11) is 0. The highest BCUT2D eigenvalue weighted by atomic mass is 32.2. The monoisotopic (exact) mass is 228 g/mol. The van der Waals surface area contributed by atoms with Gasteiger partial charge in [0.25, 0.3) is 0 Å². The molecule has 1 aliphatic heterocycles. The zero-order valence-electron chi connectivity index (χ0n) is 9.08. The highest BCUT2D eigenvalue weighted by molar-refractivity contribution is 7.99. The number of hydrogen-bond donors (Lipinski definition) is 2. The summed E-state index contributed by atoms with van der Waals surface area (Å²) in [4.78, 5) is 11.9. The molecule has 1 aliphatic carbocycles. The second kappa shape index (κ2) is 5.21. The van der Waals surface area contributed by atoms with E-state index in [1.54, 1.807) is 0 Å². The van der Waals surface area contributed by atoms with Crippen molar-refractivity contribution < 1.29 is 4.79 Å². The second-order valence-corrected chi connectivity index (χ2v) is 5.75. The second-order valence-electron chi connectivity index (χ2n) is 4.60. The van der Waals surface area contributed by atoms with Gasteiger partial charge in [0.1, 0.15) is 0 Å². The van der Waals surface area contributed by atoms with Crippen LogP contribution in [0.4, 0.5) is 0 Å². The largest absolute Gasteiger partial charge is 0.353 e. The van der Waals surface area contributed by atoms with Crippen LogP contribution in [0.15, 0.2) is 0 Å². The topological polar surface area (TPSA) is 55.1 Å². The van der Waals surface area contributed by atoms with Gasteiger partial charge < -0.3 is 11.1 Å². The smallest absolute Gasteiger partial charge is 0.224 e. The van der Waals surface area contributed by atoms with E-state index in [1.807, 2.05) is 11.8 Å². The first-order valence-electron chi connectivity index (χ1n) is 5.89. The van der Waals surface area contributed by atoms with E-state index >= 15 is 0 Å². The first-order valence-corrected chi connectivity index (χ1v) is 7.05. The molecule has 1 amide bonds. The summed E-state index contributed by atoms with van der Waals surface area (Å²) < 4.78 is 0. The predicted octanol–water partition coefficient (Wildman–Crippen LogP) is 0.983. The molecule has 86 valence electrons. The minimum Gasteiger partial charge on any atom is -0.353 e. The molecule has 0 spiro atoms. The van der Waals surface area contributed by atoms with E-state index in [0.29, 0.717) is 18.5 Å². The third-order valence-corrected chi connectivity index (χ3v) is 4.75. The molecule has 3 N–H and O–H groups in total. The van der Waals surface area contributed by atoms with Gasteiger partial charge in [-0.2, -0.15) is 11.8 Å². The lowest BCUT2D eigenvalue weighted by atomic mass is 10.0. The number of carbonyl (C=O) groups is 1. The molecule has 1 heterocycles. The summed E-state index contributed by atoms with van der Waals surface area (Å²) in [6, 6.07) is 0.355. The Morgan fingerprint density at radius 2 is 2.27 bits per heavy atom. The number of amides is 1. The zero-order valence-corrected chi connectivity index (χ0v) is 9.89. The Balaban J connectivity index is 1.82. The molecular weight excluding hydrogens is 208 g/mol. The third-order valence-electron chi connectivity index (χ3n) is 3.59. The molecule has 1 saturated carbocycles. The molecule has 3 unspecified atom stereocenters. The zero-order chi connectivity index (χ0) is 10.7. The standard InChI is InChI=1S/C11H20N2OS/c12-6-8-2-1-3-10(8)13-11(14)9-4-5-15-7-9/h8-10H,1-7,12H2,(H,13,14). The first kappa shape index (κ1) is 11.3. The van der Waals surface area contributed by atoms with Gasteiger partial charge in [-0.25, -0.2) is 0 Å². The molecule has 0 aromatic rings. The minimum absolute atomic E-state index is 0.258. The van der Waals surface area contributed by atoms with Gasteiger partial charge in [0, 0.05) is 17.7 Å². The Morgan fingerprint density at radius 3 is 2.93 bits per heavy atom. The molecular formula is C11H20N2OS. The Bertz CT molecular complexity index is 229. The summed E-state index contributed by atoms with van der Waals surface area (Å²) in [6.07, 6.45) is 4.57. The molecule has 4 heteroatoms. The van der Waals surface area contributed by atoms with Crippen molar-refractivity contribution in [1.82, 2.24) is 5.32 Å². The van der Waals surface area contributed by atoms with Crippen LogP contribution in [0.3, 0.4) is 0 Å². The average molecular weight is 228 g/mol. The van der Waals surface area contributed by atoms with E-state index in [4.69, 9.17) is 5.73 Å². The first-order chi connectivity index (χ1) is 7.31. The molecule has 15 heavy (non-hydrogen) atoms. The third kappa shape index (κ3) is 2.67. The molecule has 2 fully saturated rings. The quantitative estimate of drug-likeness (QED) is 0.757. The number of nitrogens with one attached hydrogen (secondary N) is 1. The van der Waals surface area contributed by atoms with E-state index in [-0.39, 0.29) is 11.8 Å². The number of thioether (sulfide) groups is 1. The molecule has 0 aromatic heterocycles. The molecule has 1 saturated heterocycles. The molecule has 0 aromatic carbocycles. The SMILES string of the molecule is NCC1CCCC1NC(=O)C1CCSC1. The number of rotatable bonds is 3. The summed E-state index contributed by atoms with van der Waals surface area (Å²) in [5.41, 5.74) is 5.70. The van der Waals surface area contributed by atoms with Gasteiger partial charge in [-0.1, -0.05) is 6.42 Å². The maximum absolute atomic E-state index is 11.9. The Kier molecular flexibility index (Phi) is 3.92. The highest BCUT2D eigenvalue weighted by Gasteiger charge is 2.30. The summed E-state index contributed by atoms with van der Waals surface area (Å²) in [5, 5.41) is 3.19. The van der Waals surface area contributed by atoms with Gasteiger partial charge in [-0.05, 0) is 37.5 Å². The summed E-state index contributed by atoms with van der Waals surface area (Å²) >= 11 is 1.89. The van der Waals surface area contributed by atoms with Crippen molar-refractivity contribution in [2.75, 3.05) is 18.1 Å². The Labute approximate surface area is 95.6 Å². The lowest BCUT2D eigenvalue weighted by Crippen LogP contribution is -2.42. The van der Waals surface area contributed by atoms with Crippen LogP contribution in [0.1, 0.15) is 25.7 Å². The van der Waals surface area contributed by atoms with Gasteiger partial charge in [0.15, 0.2) is 0 Å². The molecule has 3 nitrogen and oxygen atoms in total. The van der Waals surface area contributed by atoms with Crippen LogP contribution >= 0.6 is 11.8 Å². The average Bonchev–Trinajstić information content (AvgIpc) is 2.87. The predicted molar refractivity (Wildman–Crippen MR) is 63.8 cm³/mol. The van der Waals surface area contributed by atoms with E-state index in [2.05, 4.69) is 5.32 Å². The van der Waals surface area contributed by atoms with Crippen LogP contribution < -0.4 is 11.1 Å². The van der Waals surface area contributed by atoms with Crippen molar-refractivity contribution in [2.45, 2.75) is 31.7 Å². The normalized spacial score (nSPS) is 35.7. The maximum atomic E-state index is 11.9. The van der Waals surface area contributed by atoms with E-state index in [1.165, 1.54) is 12.8 Å². The fraction of sp³-hybridized carbons (Fsp3) is 0.909. The number of hydrogen-bond acceptors (Lipinski definition) is 3. The van der Waals surface area contributed by atoms with E-state index in [9.17, 15) is 4.79 Å². The summed E-state index contributed by atoms with van der Waals surface area (Å²) in [5.74, 6) is 3.19. The van der Waals surface area contributed by atoms with Gasteiger partial charge in [0.05, 0.1) is 0 Å². The van der Waals surface area contributed by atoms with Gasteiger partial charge >= 0.3 is 0 Å². The highest BCUT2D eigenvalue weighted by Crippen LogP contribution is 2.27. The van der Waals surface area contributed by atoms with Gasteiger partial charge in [-0.15, -0.1) is 0 Å². The fourth-order valence-electron chi connectivity index (χ4n) is 2.55. The lowest BCUT2D eigenvalue weighted by molar-refractivity contribution is -0.125. The van der Waals surface area contributed by atoms with Crippen molar-refractivity contribution in [3.05, 3.63) is 0 Å². The number of nitrogens with two attached hydrogens (primary N) is 1. The van der Waals surface area contributed by atoms with Crippen molar-refractivity contribution >= 4 is 17.7 Å². The van der Waals surface area contributed by atoms with Crippen molar-refractivity contribution in [2.24, 2.45) is 17.6 Å². The van der Waals surface area contributed by atoms with E-state index in [0.717, 1.165) is 24.3 Å². The van der Waals surface area contributed by atoms with Crippen LogP contribution in [0.5, 0.6) is 0 Å². The van der Waals surface area contributed by atoms with Crippen LogP contribution in [0, 0.1) is 11.8 Å². The van der Waals surface area contributed by atoms with Gasteiger partial charge in [-0.3, -0.25) is 4.79 Å². The van der Waals surface area contributed by atoms with Crippen LogP contribution in [-0.4, -0.2) is 30.0 Å². The fourth-order valence-corrected chi connectivity index (χ4v) is 3.77. The summed E-state index contributed by atoms with van der Waals surface area (Å²) in [6.45, 7) is 0.713. The van der Waals surface area contributed by atoms with Crippen molar-refractivity contribution in [3.8, 4) is 0 Å². The van der Waals surface area contributed by atoms with Crippen molar-refractivity contribution in [3.63, 3.8) is 0 Å². The molecule has 0 bridgehead atoms. The molecule has 0 radical (unpaired) electrons. The van der Waals surface area contributed by atoms with Crippen LogP contribution in [-0.2, 0) is 4.79 Å². The van der Waals surface area contributed by atoms with E-state index < -0.39 is 0 Å². The lowest BCUT2D eigenvalue weighted by Gasteiger charge is -2.21. The number of carbonyl (C=O) groups excluding carboxylic acids is 1. The Morgan fingerprint density at radius 1 is 1.40 bits per heavy atom. The van der Waals surface area contributed by atoms with Gasteiger partial charge in [0.2, 0.25) is 5.91 Å².